The Kier molecular flexibility index (Phi) is 4.14. The van der Waals surface area contributed by atoms with Crippen LogP contribution in [0, 0.1) is 6.92 Å². The minimum atomic E-state index is -6.32. The maximum atomic E-state index is 13.6. The third-order valence-electron chi connectivity index (χ3n) is 3.01. The number of hydrogen-bond acceptors (Lipinski definition) is 0. The summed E-state index contributed by atoms with van der Waals surface area (Å²) in [4.78, 5) is 0. The van der Waals surface area contributed by atoms with Gasteiger partial charge in [0.25, 0.3) is 0 Å². The Morgan fingerprint density at radius 1 is 0.900 bits per heavy atom. The molecule has 0 aliphatic carbocycles. The first-order chi connectivity index (χ1) is 8.82. The van der Waals surface area contributed by atoms with Gasteiger partial charge in [-0.2, -0.15) is 30.7 Å². The Bertz CT molecular complexity index is 486. The van der Waals surface area contributed by atoms with E-state index in [2.05, 4.69) is 0 Å². The Morgan fingerprint density at radius 3 is 1.75 bits per heavy atom. The molecule has 0 fully saturated rings. The maximum absolute atomic E-state index is 13.6. The van der Waals surface area contributed by atoms with Crippen LogP contribution < -0.4 is 0 Å². The summed E-state index contributed by atoms with van der Waals surface area (Å²) < 4.78 is 89.4. The summed E-state index contributed by atoms with van der Waals surface area (Å²) in [7, 11) is 0. The summed E-state index contributed by atoms with van der Waals surface area (Å²) in [6.45, 7) is 4.58. The van der Waals surface area contributed by atoms with Gasteiger partial charge < -0.3 is 0 Å². The molecule has 0 amide bonds. The van der Waals surface area contributed by atoms with Gasteiger partial charge in [-0.05, 0) is 24.0 Å². The number of alkyl halides is 7. The highest BCUT2D eigenvalue weighted by Gasteiger charge is 2.73. The minimum absolute atomic E-state index is 0.0560. The van der Waals surface area contributed by atoms with E-state index in [4.69, 9.17) is 0 Å². The van der Waals surface area contributed by atoms with Crippen LogP contribution in [0.3, 0.4) is 0 Å². The van der Waals surface area contributed by atoms with Gasteiger partial charge in [0.15, 0.2) is 0 Å². The van der Waals surface area contributed by atoms with Crippen LogP contribution in [0.1, 0.15) is 36.5 Å². The topological polar surface area (TPSA) is 0 Å². The highest BCUT2D eigenvalue weighted by atomic mass is 19.4. The van der Waals surface area contributed by atoms with Crippen molar-refractivity contribution in [3.8, 4) is 0 Å². The lowest BCUT2D eigenvalue weighted by atomic mass is 9.92. The molecule has 0 aromatic heterocycles. The Hall–Kier alpha value is -1.27. The molecule has 1 aromatic carbocycles. The van der Waals surface area contributed by atoms with Crippen LogP contribution >= 0.6 is 0 Å². The molecule has 0 aliphatic rings. The molecule has 0 N–H and O–H groups in total. The van der Waals surface area contributed by atoms with Crippen molar-refractivity contribution >= 4 is 0 Å². The largest absolute Gasteiger partial charge is 0.460 e. The van der Waals surface area contributed by atoms with Crippen molar-refractivity contribution in [1.29, 1.82) is 0 Å². The average Bonchev–Trinajstić information content (AvgIpc) is 2.26. The first-order valence-electron chi connectivity index (χ1n) is 5.75. The molecule has 0 radical (unpaired) electrons. The van der Waals surface area contributed by atoms with Crippen LogP contribution in [-0.2, 0) is 5.92 Å². The standard InChI is InChI=1S/C13H13F7/c1-7(2)9-4-5-10(8(3)6-9)11(14,15)12(16,17)13(18,19)20/h4-7H,1-3H3. The second-order valence-electron chi connectivity index (χ2n) is 4.88. The van der Waals surface area contributed by atoms with Gasteiger partial charge in [0.05, 0.1) is 0 Å². The summed E-state index contributed by atoms with van der Waals surface area (Å²) in [5.41, 5.74) is -1.04. The molecule has 0 atom stereocenters. The summed E-state index contributed by atoms with van der Waals surface area (Å²) >= 11 is 0. The monoisotopic (exact) mass is 302 g/mol. The predicted octanol–water partition coefficient (Wildman–Crippen LogP) is 5.41. The molecule has 20 heavy (non-hydrogen) atoms. The van der Waals surface area contributed by atoms with E-state index in [1.807, 2.05) is 0 Å². The van der Waals surface area contributed by atoms with E-state index in [0.29, 0.717) is 11.6 Å². The van der Waals surface area contributed by atoms with E-state index in [0.717, 1.165) is 13.0 Å². The van der Waals surface area contributed by atoms with Crippen molar-refractivity contribution in [3.63, 3.8) is 0 Å². The van der Waals surface area contributed by atoms with E-state index < -0.39 is 23.6 Å². The van der Waals surface area contributed by atoms with Crippen molar-refractivity contribution in [3.05, 3.63) is 34.9 Å². The zero-order valence-corrected chi connectivity index (χ0v) is 11.0. The van der Waals surface area contributed by atoms with Gasteiger partial charge in [0, 0.05) is 5.56 Å². The van der Waals surface area contributed by atoms with E-state index in [1.54, 1.807) is 13.8 Å². The van der Waals surface area contributed by atoms with Crippen molar-refractivity contribution < 1.29 is 30.7 Å². The maximum Gasteiger partial charge on any atom is 0.460 e. The highest BCUT2D eigenvalue weighted by molar-refractivity contribution is 5.36. The molecule has 0 aliphatic heterocycles. The molecule has 0 nitrogen and oxygen atoms in total. The molecular weight excluding hydrogens is 289 g/mol. The van der Waals surface area contributed by atoms with Crippen LogP contribution in [0.15, 0.2) is 18.2 Å². The molecule has 0 saturated carbocycles. The average molecular weight is 302 g/mol. The van der Waals surface area contributed by atoms with Gasteiger partial charge in [-0.25, -0.2) is 0 Å². The number of benzene rings is 1. The second kappa shape index (κ2) is 4.93. The number of halogens is 7. The van der Waals surface area contributed by atoms with Crippen LogP contribution in [0.2, 0.25) is 0 Å². The molecule has 7 heteroatoms. The quantitative estimate of drug-likeness (QED) is 0.655. The lowest BCUT2D eigenvalue weighted by Crippen LogP contribution is -2.50. The van der Waals surface area contributed by atoms with Crippen LogP contribution in [-0.4, -0.2) is 12.1 Å². The molecule has 1 aromatic rings. The second-order valence-corrected chi connectivity index (χ2v) is 4.88. The number of hydrogen-bond donors (Lipinski definition) is 0. The number of aryl methyl sites for hydroxylation is 1. The van der Waals surface area contributed by atoms with Gasteiger partial charge in [-0.15, -0.1) is 0 Å². The summed E-state index contributed by atoms with van der Waals surface area (Å²) in [5, 5.41) is 0. The third kappa shape index (κ3) is 2.62. The summed E-state index contributed by atoms with van der Waals surface area (Å²) in [5.74, 6) is -11.5. The van der Waals surface area contributed by atoms with E-state index in [1.165, 1.54) is 6.07 Å². The van der Waals surface area contributed by atoms with Crippen molar-refractivity contribution in [2.45, 2.75) is 44.7 Å². The Balaban J connectivity index is 3.36. The molecule has 1 rings (SSSR count). The highest BCUT2D eigenvalue weighted by Crippen LogP contribution is 2.52. The summed E-state index contributed by atoms with van der Waals surface area (Å²) in [6.07, 6.45) is -6.32. The zero-order valence-electron chi connectivity index (χ0n) is 11.0. The Morgan fingerprint density at radius 2 is 1.40 bits per heavy atom. The lowest BCUT2D eigenvalue weighted by molar-refractivity contribution is -0.359. The Labute approximate surface area is 111 Å². The molecular formula is C13H13F7. The van der Waals surface area contributed by atoms with E-state index in [-0.39, 0.29) is 11.5 Å². The molecule has 0 unspecified atom stereocenters. The van der Waals surface area contributed by atoms with E-state index >= 15 is 0 Å². The number of rotatable bonds is 3. The molecule has 0 heterocycles. The van der Waals surface area contributed by atoms with Crippen molar-refractivity contribution in [2.24, 2.45) is 0 Å². The zero-order chi connectivity index (χ0) is 15.9. The molecule has 0 spiro atoms. The summed E-state index contributed by atoms with van der Waals surface area (Å²) in [6, 6.07) is 2.96. The minimum Gasteiger partial charge on any atom is -0.194 e. The smallest absolute Gasteiger partial charge is 0.194 e. The van der Waals surface area contributed by atoms with Gasteiger partial charge in [0.1, 0.15) is 0 Å². The predicted molar refractivity (Wildman–Crippen MR) is 60.2 cm³/mol. The van der Waals surface area contributed by atoms with Crippen LogP contribution in [0.25, 0.3) is 0 Å². The normalized spacial score (nSPS) is 13.9. The molecule has 0 bridgehead atoms. The molecule has 0 saturated heterocycles. The van der Waals surface area contributed by atoms with Gasteiger partial charge >= 0.3 is 18.0 Å². The van der Waals surface area contributed by atoms with Gasteiger partial charge in [-0.3, -0.25) is 0 Å². The first-order valence-corrected chi connectivity index (χ1v) is 5.75. The van der Waals surface area contributed by atoms with Gasteiger partial charge in [-0.1, -0.05) is 32.0 Å². The fraction of sp³-hybridized carbons (Fsp3) is 0.538. The van der Waals surface area contributed by atoms with Crippen molar-refractivity contribution in [1.82, 2.24) is 0 Å². The molecule has 114 valence electrons. The van der Waals surface area contributed by atoms with Crippen molar-refractivity contribution in [2.75, 3.05) is 0 Å². The van der Waals surface area contributed by atoms with Gasteiger partial charge in [0.2, 0.25) is 0 Å². The van der Waals surface area contributed by atoms with Crippen LogP contribution in [0.5, 0.6) is 0 Å². The first kappa shape index (κ1) is 16.8. The lowest BCUT2D eigenvalue weighted by Gasteiger charge is -2.29. The van der Waals surface area contributed by atoms with Crippen LogP contribution in [0.4, 0.5) is 30.7 Å². The third-order valence-corrected chi connectivity index (χ3v) is 3.01. The van der Waals surface area contributed by atoms with E-state index in [9.17, 15) is 30.7 Å². The SMILES string of the molecule is Cc1cc(C(C)C)ccc1C(F)(F)C(F)(F)C(F)(F)F. The fourth-order valence-electron chi connectivity index (χ4n) is 1.75. The fourth-order valence-corrected chi connectivity index (χ4v) is 1.75.